The van der Waals surface area contributed by atoms with E-state index in [-0.39, 0.29) is 0 Å². The zero-order valence-electron chi connectivity index (χ0n) is 9.59. The molecule has 0 fully saturated rings. The van der Waals surface area contributed by atoms with Crippen LogP contribution in [0.5, 0.6) is 0 Å². The second-order valence-electron chi connectivity index (χ2n) is 3.65. The number of nitrogen functional groups attached to an aromatic ring is 1. The molecule has 0 saturated carbocycles. The number of aromatic amines is 1. The molecule has 2 heterocycles. The summed E-state index contributed by atoms with van der Waals surface area (Å²) in [6, 6.07) is 7.85. The lowest BCUT2D eigenvalue weighted by Crippen LogP contribution is -2.09. The Morgan fingerprint density at radius 3 is 2.89 bits per heavy atom. The number of hydrazine groups is 1. The molecule has 0 unspecified atom stereocenters. The molecule has 0 amide bonds. The highest BCUT2D eigenvalue weighted by molar-refractivity contribution is 9.10. The van der Waals surface area contributed by atoms with Crippen LogP contribution in [0.1, 0.15) is 0 Å². The maximum absolute atomic E-state index is 5.37. The van der Waals surface area contributed by atoms with Crippen LogP contribution in [0.25, 0.3) is 11.0 Å². The van der Waals surface area contributed by atoms with Crippen molar-refractivity contribution >= 4 is 44.5 Å². The number of hydrogen-bond donors (Lipinski definition) is 3. The summed E-state index contributed by atoms with van der Waals surface area (Å²) in [6.07, 6.45) is 1.45. The monoisotopic (exact) mass is 336 g/mol. The summed E-state index contributed by atoms with van der Waals surface area (Å²) in [5.74, 6) is 5.91. The molecule has 0 atom stereocenters. The Kier molecular flexibility index (Phi) is 3.36. The highest BCUT2D eigenvalue weighted by atomic mass is 79.9. The first-order valence-corrected chi connectivity index (χ1v) is 6.98. The molecule has 0 aliphatic carbocycles. The second kappa shape index (κ2) is 5.16. The number of fused-ring (bicyclic) bond motifs is 1. The van der Waals surface area contributed by atoms with E-state index < -0.39 is 0 Å². The fourth-order valence-corrected chi connectivity index (χ4v) is 2.93. The molecule has 19 heavy (non-hydrogen) atoms. The Hall–Kier alpha value is -1.64. The van der Waals surface area contributed by atoms with Gasteiger partial charge in [0, 0.05) is 0 Å². The lowest BCUT2D eigenvalue weighted by molar-refractivity contribution is 1.00. The highest BCUT2D eigenvalue weighted by Crippen LogP contribution is 2.33. The van der Waals surface area contributed by atoms with E-state index in [1.807, 2.05) is 24.3 Å². The average Bonchev–Trinajstić information content (AvgIpc) is 2.83. The number of imidazole rings is 1. The van der Waals surface area contributed by atoms with E-state index in [0.717, 1.165) is 21.2 Å². The fourth-order valence-electron chi connectivity index (χ4n) is 1.59. The molecule has 6 nitrogen and oxygen atoms in total. The molecule has 0 bridgehead atoms. The van der Waals surface area contributed by atoms with Crippen molar-refractivity contribution in [2.24, 2.45) is 5.84 Å². The van der Waals surface area contributed by atoms with E-state index in [1.54, 1.807) is 0 Å². The van der Waals surface area contributed by atoms with Crippen LogP contribution in [0.3, 0.4) is 0 Å². The molecule has 1 aromatic carbocycles. The maximum Gasteiger partial charge on any atom is 0.172 e. The minimum Gasteiger partial charge on any atom is -0.333 e. The summed E-state index contributed by atoms with van der Waals surface area (Å²) in [6.45, 7) is 0. The minimum atomic E-state index is 0.536. The number of anilines is 1. The molecule has 0 radical (unpaired) electrons. The van der Waals surface area contributed by atoms with Gasteiger partial charge < -0.3 is 10.4 Å². The van der Waals surface area contributed by atoms with Crippen LogP contribution in [-0.4, -0.2) is 19.9 Å². The van der Waals surface area contributed by atoms with E-state index in [1.165, 1.54) is 18.1 Å². The first kappa shape index (κ1) is 12.4. The normalized spacial score (nSPS) is 10.8. The number of benzene rings is 1. The number of nitrogens with one attached hydrogen (secondary N) is 2. The molecule has 8 heteroatoms. The van der Waals surface area contributed by atoms with E-state index in [2.05, 4.69) is 41.3 Å². The van der Waals surface area contributed by atoms with Gasteiger partial charge in [0.15, 0.2) is 11.0 Å². The van der Waals surface area contributed by atoms with Crippen LogP contribution in [0.4, 0.5) is 5.82 Å². The van der Waals surface area contributed by atoms with Gasteiger partial charge in [-0.3, -0.25) is 0 Å². The molecule has 0 saturated heterocycles. The van der Waals surface area contributed by atoms with Crippen LogP contribution in [0.2, 0.25) is 0 Å². The Morgan fingerprint density at radius 1 is 1.26 bits per heavy atom. The third-order valence-corrected chi connectivity index (χ3v) is 4.36. The first-order valence-electron chi connectivity index (χ1n) is 5.37. The van der Waals surface area contributed by atoms with Crippen LogP contribution >= 0.6 is 27.7 Å². The molecular formula is C11H9BrN6S. The van der Waals surface area contributed by atoms with Gasteiger partial charge in [-0.05, 0) is 39.8 Å². The van der Waals surface area contributed by atoms with Crippen molar-refractivity contribution in [3.8, 4) is 0 Å². The lowest BCUT2D eigenvalue weighted by atomic mass is 10.3. The molecular weight excluding hydrogens is 328 g/mol. The molecule has 2 aromatic heterocycles. The molecule has 0 aliphatic heterocycles. The van der Waals surface area contributed by atoms with Gasteiger partial charge in [0.05, 0.1) is 15.5 Å². The van der Waals surface area contributed by atoms with E-state index in [0.29, 0.717) is 10.3 Å². The van der Waals surface area contributed by atoms with Gasteiger partial charge in [-0.2, -0.15) is 0 Å². The van der Waals surface area contributed by atoms with E-state index in [9.17, 15) is 0 Å². The lowest BCUT2D eigenvalue weighted by Gasteiger charge is -2.04. The number of rotatable bonds is 3. The van der Waals surface area contributed by atoms with Gasteiger partial charge >= 0.3 is 0 Å². The van der Waals surface area contributed by atoms with Crippen LogP contribution in [-0.2, 0) is 0 Å². The number of nitrogens with two attached hydrogens (primary N) is 1. The average molecular weight is 337 g/mol. The number of halogens is 1. The number of H-pyrrole nitrogens is 1. The first-order chi connectivity index (χ1) is 9.28. The van der Waals surface area contributed by atoms with Crippen LogP contribution in [0, 0.1) is 0 Å². The molecule has 0 spiro atoms. The quantitative estimate of drug-likeness (QED) is 0.386. The number of hydrogen-bond acceptors (Lipinski definition) is 6. The third kappa shape index (κ3) is 2.42. The van der Waals surface area contributed by atoms with Gasteiger partial charge in [-0.25, -0.2) is 20.8 Å². The summed E-state index contributed by atoms with van der Waals surface area (Å²) in [7, 11) is 0. The van der Waals surface area contributed by atoms with Crippen molar-refractivity contribution in [1.82, 2.24) is 19.9 Å². The summed E-state index contributed by atoms with van der Waals surface area (Å²) in [5.41, 5.74) is 4.42. The van der Waals surface area contributed by atoms with E-state index >= 15 is 0 Å². The molecule has 3 rings (SSSR count). The Morgan fingerprint density at radius 2 is 2.11 bits per heavy atom. The van der Waals surface area contributed by atoms with Crippen molar-refractivity contribution < 1.29 is 0 Å². The predicted octanol–water partition coefficient (Wildman–Crippen LogP) is 2.55. The maximum atomic E-state index is 5.37. The summed E-state index contributed by atoms with van der Waals surface area (Å²) in [5, 5.41) is 1.51. The minimum absolute atomic E-state index is 0.536. The van der Waals surface area contributed by atoms with Crippen molar-refractivity contribution in [3.05, 3.63) is 35.1 Å². The van der Waals surface area contributed by atoms with Gasteiger partial charge in [-0.15, -0.1) is 0 Å². The van der Waals surface area contributed by atoms with E-state index in [4.69, 9.17) is 5.84 Å². The highest BCUT2D eigenvalue weighted by Gasteiger charge is 2.11. The van der Waals surface area contributed by atoms with Gasteiger partial charge in [-0.1, -0.05) is 12.1 Å². The third-order valence-electron chi connectivity index (χ3n) is 2.46. The zero-order chi connectivity index (χ0) is 13.2. The Balaban J connectivity index is 1.96. The summed E-state index contributed by atoms with van der Waals surface area (Å²) in [4.78, 5) is 15.9. The molecule has 3 aromatic rings. The number of para-hydroxylation sites is 2. The summed E-state index contributed by atoms with van der Waals surface area (Å²) < 4.78 is 0.711. The zero-order valence-corrected chi connectivity index (χ0v) is 12.0. The fraction of sp³-hybridized carbons (Fsp3) is 0. The van der Waals surface area contributed by atoms with Crippen molar-refractivity contribution in [3.63, 3.8) is 0 Å². The SMILES string of the molecule is NNc1ncnc(Sc2nc3ccccc3[nH]2)c1Br. The van der Waals surface area contributed by atoms with Crippen molar-refractivity contribution in [2.75, 3.05) is 5.43 Å². The van der Waals surface area contributed by atoms with Gasteiger partial charge in [0.1, 0.15) is 11.4 Å². The Bertz CT molecular complexity index is 695. The van der Waals surface area contributed by atoms with Crippen LogP contribution < -0.4 is 11.3 Å². The molecule has 0 aliphatic rings. The van der Waals surface area contributed by atoms with Gasteiger partial charge in [0.2, 0.25) is 0 Å². The summed E-state index contributed by atoms with van der Waals surface area (Å²) >= 11 is 4.82. The van der Waals surface area contributed by atoms with Crippen LogP contribution in [0.15, 0.2) is 45.2 Å². The number of aromatic nitrogens is 4. The van der Waals surface area contributed by atoms with Crippen molar-refractivity contribution in [2.45, 2.75) is 10.2 Å². The molecule has 96 valence electrons. The van der Waals surface area contributed by atoms with Gasteiger partial charge in [0.25, 0.3) is 0 Å². The smallest absolute Gasteiger partial charge is 0.172 e. The predicted molar refractivity (Wildman–Crippen MR) is 77.8 cm³/mol. The second-order valence-corrected chi connectivity index (χ2v) is 5.42. The van der Waals surface area contributed by atoms with Crippen molar-refractivity contribution in [1.29, 1.82) is 0 Å². The Labute approximate surface area is 121 Å². The topological polar surface area (TPSA) is 92.5 Å². The molecule has 4 N–H and O–H groups in total. The standard InChI is InChI=1S/C11H9BrN6S/c12-8-9(18-13)14-5-15-10(8)19-11-16-6-3-1-2-4-7(6)17-11/h1-5H,13H2,(H,16,17)(H,14,15,18). The number of nitrogens with zero attached hydrogens (tertiary/aromatic N) is 3. The largest absolute Gasteiger partial charge is 0.333 e.